The summed E-state index contributed by atoms with van der Waals surface area (Å²) < 4.78 is 10.5. The molecule has 1 saturated carbocycles. The van der Waals surface area contributed by atoms with Gasteiger partial charge in [-0.1, -0.05) is 6.58 Å². The molecule has 21 heavy (non-hydrogen) atoms. The third-order valence-electron chi connectivity index (χ3n) is 3.53. The lowest BCUT2D eigenvalue weighted by Crippen LogP contribution is -2.68. The first-order valence-corrected chi connectivity index (χ1v) is 6.72. The van der Waals surface area contributed by atoms with Gasteiger partial charge in [-0.25, -0.2) is 14.4 Å². The van der Waals surface area contributed by atoms with Crippen molar-refractivity contribution in [1.82, 2.24) is 0 Å². The SMILES string of the molecule is C=CC(=O)OC1(C(=O)O)CCCCC1(OC(C)C)C(=O)O. The van der Waals surface area contributed by atoms with Gasteiger partial charge < -0.3 is 19.7 Å². The highest BCUT2D eigenvalue weighted by Gasteiger charge is 2.67. The first-order valence-electron chi connectivity index (χ1n) is 6.72. The molecule has 7 nitrogen and oxygen atoms in total. The van der Waals surface area contributed by atoms with Crippen LogP contribution >= 0.6 is 0 Å². The molecule has 1 aliphatic carbocycles. The van der Waals surface area contributed by atoms with E-state index in [0.29, 0.717) is 12.8 Å². The van der Waals surface area contributed by atoms with Gasteiger partial charge in [0.15, 0.2) is 0 Å². The van der Waals surface area contributed by atoms with Crippen molar-refractivity contribution in [2.24, 2.45) is 0 Å². The Morgan fingerprint density at radius 3 is 1.95 bits per heavy atom. The number of carbonyl (C=O) groups excluding carboxylic acids is 1. The quantitative estimate of drug-likeness (QED) is 0.563. The summed E-state index contributed by atoms with van der Waals surface area (Å²) in [6.45, 7) is 6.41. The molecule has 0 radical (unpaired) electrons. The van der Waals surface area contributed by atoms with Crippen LogP contribution in [-0.2, 0) is 23.9 Å². The molecule has 1 rings (SSSR count). The minimum Gasteiger partial charge on any atom is -0.479 e. The van der Waals surface area contributed by atoms with Gasteiger partial charge in [0.25, 0.3) is 0 Å². The number of carboxylic acid groups (broad SMARTS) is 2. The highest BCUT2D eigenvalue weighted by molar-refractivity contribution is 5.94. The van der Waals surface area contributed by atoms with Crippen LogP contribution in [0, 0.1) is 0 Å². The van der Waals surface area contributed by atoms with E-state index >= 15 is 0 Å². The van der Waals surface area contributed by atoms with Crippen molar-refractivity contribution in [3.05, 3.63) is 12.7 Å². The van der Waals surface area contributed by atoms with Gasteiger partial charge in [-0.05, 0) is 33.1 Å². The maximum atomic E-state index is 11.8. The lowest BCUT2D eigenvalue weighted by molar-refractivity contribution is -0.243. The van der Waals surface area contributed by atoms with E-state index < -0.39 is 35.2 Å². The fourth-order valence-corrected chi connectivity index (χ4v) is 2.71. The Bertz CT molecular complexity index is 456. The molecule has 1 aliphatic rings. The normalized spacial score (nSPS) is 28.9. The van der Waals surface area contributed by atoms with Crippen LogP contribution in [0.15, 0.2) is 12.7 Å². The maximum Gasteiger partial charge on any atom is 0.351 e. The van der Waals surface area contributed by atoms with E-state index in [9.17, 15) is 24.6 Å². The van der Waals surface area contributed by atoms with Gasteiger partial charge in [-0.15, -0.1) is 0 Å². The Balaban J connectivity index is 3.44. The van der Waals surface area contributed by atoms with Crippen LogP contribution in [0.25, 0.3) is 0 Å². The topological polar surface area (TPSA) is 110 Å². The van der Waals surface area contributed by atoms with Gasteiger partial charge in [0.2, 0.25) is 11.2 Å². The van der Waals surface area contributed by atoms with Crippen LogP contribution in [0.1, 0.15) is 39.5 Å². The molecular formula is C14H20O7. The second-order valence-corrected chi connectivity index (χ2v) is 5.26. The fraction of sp³-hybridized carbons (Fsp3) is 0.643. The van der Waals surface area contributed by atoms with Gasteiger partial charge in [0, 0.05) is 12.5 Å². The molecule has 0 aromatic rings. The zero-order valence-corrected chi connectivity index (χ0v) is 12.1. The Morgan fingerprint density at radius 1 is 1.10 bits per heavy atom. The standard InChI is InChI=1S/C14H20O7/c1-4-10(15)21-14(12(18)19)8-6-5-7-13(14,11(16)17)20-9(2)3/h4,9H,1,5-8H2,2-3H3,(H,16,17)(H,18,19). The van der Waals surface area contributed by atoms with Gasteiger partial charge >= 0.3 is 17.9 Å². The second kappa shape index (κ2) is 6.26. The Morgan fingerprint density at radius 2 is 1.57 bits per heavy atom. The number of aliphatic carboxylic acids is 2. The van der Waals surface area contributed by atoms with Crippen LogP contribution in [0.4, 0.5) is 0 Å². The minimum absolute atomic E-state index is 0.0444. The van der Waals surface area contributed by atoms with Crippen LogP contribution in [0.2, 0.25) is 0 Å². The summed E-state index contributed by atoms with van der Waals surface area (Å²) in [6.07, 6.45) is 0.993. The minimum atomic E-state index is -2.26. The van der Waals surface area contributed by atoms with Crippen LogP contribution < -0.4 is 0 Å². The second-order valence-electron chi connectivity index (χ2n) is 5.26. The number of hydrogen-bond donors (Lipinski definition) is 2. The fourth-order valence-electron chi connectivity index (χ4n) is 2.71. The van der Waals surface area contributed by atoms with Gasteiger partial charge in [-0.2, -0.15) is 0 Å². The van der Waals surface area contributed by atoms with Gasteiger partial charge in [0.1, 0.15) is 0 Å². The molecule has 0 saturated heterocycles. The van der Waals surface area contributed by atoms with E-state index in [0.717, 1.165) is 6.08 Å². The zero-order chi connectivity index (χ0) is 16.3. The molecule has 2 atom stereocenters. The summed E-state index contributed by atoms with van der Waals surface area (Å²) in [7, 11) is 0. The molecule has 0 aliphatic heterocycles. The van der Waals surface area contributed by atoms with Crippen LogP contribution in [-0.4, -0.2) is 45.4 Å². The third-order valence-corrected chi connectivity index (χ3v) is 3.53. The predicted octanol–water partition coefficient (Wildman–Crippen LogP) is 1.36. The van der Waals surface area contributed by atoms with Crippen molar-refractivity contribution >= 4 is 17.9 Å². The molecule has 118 valence electrons. The number of carboxylic acids is 2. The average molecular weight is 300 g/mol. The summed E-state index contributed by atoms with van der Waals surface area (Å²) in [5.74, 6) is -3.96. The monoisotopic (exact) mass is 300 g/mol. The Labute approximate surface area is 122 Å². The number of rotatable bonds is 6. The average Bonchev–Trinajstić information content (AvgIpc) is 2.39. The smallest absolute Gasteiger partial charge is 0.351 e. The largest absolute Gasteiger partial charge is 0.479 e. The van der Waals surface area contributed by atoms with E-state index in [2.05, 4.69) is 6.58 Å². The molecule has 0 aromatic carbocycles. The Hall–Kier alpha value is -1.89. The van der Waals surface area contributed by atoms with Crippen molar-refractivity contribution in [1.29, 1.82) is 0 Å². The molecule has 0 spiro atoms. The highest BCUT2D eigenvalue weighted by atomic mass is 16.6. The predicted molar refractivity (Wildman–Crippen MR) is 71.7 cm³/mol. The molecule has 0 aromatic heterocycles. The van der Waals surface area contributed by atoms with Gasteiger partial charge in [0.05, 0.1) is 6.10 Å². The highest BCUT2D eigenvalue weighted by Crippen LogP contribution is 2.44. The first-order chi connectivity index (χ1) is 9.71. The Kier molecular flexibility index (Phi) is 5.11. The summed E-state index contributed by atoms with van der Waals surface area (Å²) in [5.41, 5.74) is -4.36. The molecule has 7 heteroatoms. The molecule has 2 N–H and O–H groups in total. The lowest BCUT2D eigenvalue weighted by Gasteiger charge is -2.47. The third kappa shape index (κ3) is 2.92. The van der Waals surface area contributed by atoms with E-state index in [1.54, 1.807) is 13.8 Å². The van der Waals surface area contributed by atoms with Crippen molar-refractivity contribution in [2.75, 3.05) is 0 Å². The van der Waals surface area contributed by atoms with Crippen LogP contribution in [0.3, 0.4) is 0 Å². The van der Waals surface area contributed by atoms with Crippen LogP contribution in [0.5, 0.6) is 0 Å². The molecular weight excluding hydrogens is 280 g/mol. The maximum absolute atomic E-state index is 11.8. The number of ether oxygens (including phenoxy) is 2. The van der Waals surface area contributed by atoms with Crippen molar-refractivity contribution in [3.8, 4) is 0 Å². The molecule has 0 bridgehead atoms. The molecule has 1 fully saturated rings. The van der Waals surface area contributed by atoms with Crippen molar-refractivity contribution in [3.63, 3.8) is 0 Å². The van der Waals surface area contributed by atoms with Gasteiger partial charge in [-0.3, -0.25) is 0 Å². The summed E-state index contributed by atoms with van der Waals surface area (Å²) in [4.78, 5) is 35.1. The van der Waals surface area contributed by atoms with E-state index in [-0.39, 0.29) is 12.8 Å². The molecule has 0 amide bonds. The molecule has 0 heterocycles. The first kappa shape index (κ1) is 17.2. The summed E-state index contributed by atoms with van der Waals surface area (Å²) in [6, 6.07) is 0. The summed E-state index contributed by atoms with van der Waals surface area (Å²) >= 11 is 0. The number of esters is 1. The van der Waals surface area contributed by atoms with Crippen molar-refractivity contribution < 1.29 is 34.1 Å². The van der Waals surface area contributed by atoms with Crippen molar-refractivity contribution in [2.45, 2.75) is 56.8 Å². The lowest BCUT2D eigenvalue weighted by atomic mass is 9.70. The van der Waals surface area contributed by atoms with E-state index in [1.807, 2.05) is 0 Å². The van der Waals surface area contributed by atoms with E-state index in [1.165, 1.54) is 0 Å². The summed E-state index contributed by atoms with van der Waals surface area (Å²) in [5, 5.41) is 19.2. The molecule has 2 unspecified atom stereocenters. The zero-order valence-electron chi connectivity index (χ0n) is 12.1. The van der Waals surface area contributed by atoms with E-state index in [4.69, 9.17) is 9.47 Å². The number of carbonyl (C=O) groups is 3. The number of hydrogen-bond acceptors (Lipinski definition) is 5.